The van der Waals surface area contributed by atoms with Gasteiger partial charge in [0.2, 0.25) is 5.91 Å². The van der Waals surface area contributed by atoms with Crippen molar-refractivity contribution in [2.75, 3.05) is 12.3 Å². The van der Waals surface area contributed by atoms with Crippen LogP contribution in [0.1, 0.15) is 8.35 Å². The zero-order chi connectivity index (χ0) is 10.5. The fourth-order valence-electron chi connectivity index (χ4n) is 0.765. The Hall–Kier alpha value is 0.756. The molecule has 0 aliphatic carbocycles. The zero-order valence-electron chi connectivity index (χ0n) is 9.36. The van der Waals surface area contributed by atoms with Gasteiger partial charge in [0.25, 0.3) is 10.1 Å². The van der Waals surface area contributed by atoms with Crippen LogP contribution in [0.5, 0.6) is 0 Å². The summed E-state index contributed by atoms with van der Waals surface area (Å²) >= 11 is 0. The smallest absolute Gasteiger partial charge is 1.00 e. The van der Waals surface area contributed by atoms with Gasteiger partial charge in [-0.25, -0.2) is 0 Å². The monoisotopic (exact) mass is 247 g/mol. The van der Waals surface area contributed by atoms with E-state index < -0.39 is 10.1 Å². The van der Waals surface area contributed by atoms with Gasteiger partial charge in [0.15, 0.2) is 0 Å². The third-order valence-electron chi connectivity index (χ3n) is 1.31. The number of hydrogen-bond acceptors (Lipinski definition) is 3. The first kappa shape index (κ1) is 17.2. The third-order valence-corrected chi connectivity index (χ3v) is 2.30. The molecule has 14 heavy (non-hydrogen) atoms. The van der Waals surface area contributed by atoms with Crippen molar-refractivity contribution in [3.8, 4) is 0 Å². The van der Waals surface area contributed by atoms with Crippen LogP contribution < -0.4 is 56.7 Å². The van der Waals surface area contributed by atoms with Crippen molar-refractivity contribution < 1.29 is 70.6 Å². The Morgan fingerprint density at radius 1 is 1.71 bits per heavy atom. The second kappa shape index (κ2) is 7.97. The number of carbonyl (C=O) groups is 1. The summed E-state index contributed by atoms with van der Waals surface area (Å²) in [6, 6.07) is 0. The molecule has 0 rings (SSSR count). The molecule has 7 heteroatoms. The van der Waals surface area contributed by atoms with Gasteiger partial charge in [-0.3, -0.25) is 9.35 Å². The van der Waals surface area contributed by atoms with Crippen LogP contribution in [0.3, 0.4) is 0 Å². The molecule has 0 aliphatic heterocycles. The number of nitrogens with one attached hydrogen (secondary N) is 1. The molecule has 0 radical (unpaired) electrons. The molecule has 0 saturated heterocycles. The Morgan fingerprint density at radius 3 is 2.57 bits per heavy atom. The molecule has 1 amide bonds. The quantitative estimate of drug-likeness (QED) is 0.307. The molecule has 0 fully saturated rings. The van der Waals surface area contributed by atoms with Gasteiger partial charge in [-0.2, -0.15) is 8.42 Å². The van der Waals surface area contributed by atoms with Gasteiger partial charge in [0, 0.05) is 6.54 Å². The fourth-order valence-corrected chi connectivity index (χ4v) is 1.60. The van der Waals surface area contributed by atoms with Crippen LogP contribution in [0, 0.1) is 5.92 Å². The van der Waals surface area contributed by atoms with Crippen molar-refractivity contribution in [2.24, 2.45) is 5.92 Å². The molecule has 0 aromatic carbocycles. The van der Waals surface area contributed by atoms with Gasteiger partial charge in [-0.1, -0.05) is 13.5 Å². The number of hydrogen-bond donors (Lipinski definition) is 2. The summed E-state index contributed by atoms with van der Waals surface area (Å²) < 4.78 is 29.2. The first-order valence-corrected chi connectivity index (χ1v) is 5.31. The van der Waals surface area contributed by atoms with E-state index >= 15 is 0 Å². The fraction of sp³-hybridized carbons (Fsp3) is 0.571. The minimum absolute atomic E-state index is 0. The van der Waals surface area contributed by atoms with Gasteiger partial charge in [-0.05, 0) is 12.0 Å². The zero-order valence-corrected chi connectivity index (χ0v) is 12.3. The van der Waals surface area contributed by atoms with Gasteiger partial charge in [-0.15, -0.1) is 0 Å². The summed E-state index contributed by atoms with van der Waals surface area (Å²) in [5.41, 5.74) is 0. The minimum Gasteiger partial charge on any atom is -1.00 e. The average molecular weight is 247 g/mol. The van der Waals surface area contributed by atoms with E-state index in [1.807, 2.05) is 0 Å². The van der Waals surface area contributed by atoms with Crippen molar-refractivity contribution in [1.29, 1.82) is 0 Å². The first-order valence-electron chi connectivity index (χ1n) is 3.70. The van der Waals surface area contributed by atoms with Crippen LogP contribution in [-0.2, 0) is 14.9 Å². The molecule has 5 nitrogen and oxygen atoms in total. The molecule has 1 unspecified atom stereocenters. The third kappa shape index (κ3) is 10.8. The Balaban J connectivity index is -0.000000720. The minimum atomic E-state index is -3.96. The van der Waals surface area contributed by atoms with Gasteiger partial charge >= 0.3 is 51.4 Å². The topological polar surface area (TPSA) is 83.5 Å². The van der Waals surface area contributed by atoms with Crippen LogP contribution in [0.25, 0.3) is 0 Å². The summed E-state index contributed by atoms with van der Waals surface area (Å²) in [4.78, 5) is 10.6. The predicted octanol–water partition coefficient (Wildman–Crippen LogP) is -3.07. The number of rotatable bonds is 5. The molecule has 78 valence electrons. The van der Waals surface area contributed by atoms with Crippen LogP contribution in [0.15, 0.2) is 12.7 Å². The van der Waals surface area contributed by atoms with Crippen LogP contribution >= 0.6 is 0 Å². The second-order valence-corrected chi connectivity index (χ2v) is 4.30. The van der Waals surface area contributed by atoms with Crippen molar-refractivity contribution in [2.45, 2.75) is 6.92 Å². The maximum absolute atomic E-state index is 10.6. The summed E-state index contributed by atoms with van der Waals surface area (Å²) in [5.74, 6) is -1.04. The maximum Gasteiger partial charge on any atom is 1.00 e. The number of carbonyl (C=O) groups excluding carboxylic acids is 1. The molecular weight excluding hydrogens is 233 g/mol. The van der Waals surface area contributed by atoms with Crippen molar-refractivity contribution >= 4 is 16.0 Å². The van der Waals surface area contributed by atoms with Crippen molar-refractivity contribution in [1.82, 2.24) is 5.32 Å². The SMILES string of the molecule is C=CC(=O)NCC(C)CS(=O)(=O)O.[H-].[K+]. The van der Waals surface area contributed by atoms with Crippen LogP contribution in [0.4, 0.5) is 0 Å². The van der Waals surface area contributed by atoms with Crippen LogP contribution in [-0.4, -0.2) is 31.2 Å². The predicted molar refractivity (Wildman–Crippen MR) is 49.9 cm³/mol. The largest absolute Gasteiger partial charge is 1.00 e. The summed E-state index contributed by atoms with van der Waals surface area (Å²) in [5, 5.41) is 2.42. The van der Waals surface area contributed by atoms with E-state index in [4.69, 9.17) is 4.55 Å². The summed E-state index contributed by atoms with van der Waals surface area (Å²) in [6.07, 6.45) is 1.10. The average Bonchev–Trinajstić information content (AvgIpc) is 1.97. The molecular formula is C7H14KNO4S. The van der Waals surface area contributed by atoms with E-state index in [1.165, 1.54) is 0 Å². The van der Waals surface area contributed by atoms with Crippen molar-refractivity contribution in [3.05, 3.63) is 12.7 Å². The molecule has 0 aromatic heterocycles. The van der Waals surface area contributed by atoms with E-state index in [2.05, 4.69) is 11.9 Å². The Morgan fingerprint density at radius 2 is 2.21 bits per heavy atom. The molecule has 1 atom stereocenters. The molecule has 0 spiro atoms. The normalized spacial score (nSPS) is 12.4. The number of amides is 1. The molecule has 0 aliphatic rings. The molecule has 0 heterocycles. The maximum atomic E-state index is 10.6. The van der Waals surface area contributed by atoms with E-state index in [0.29, 0.717) is 0 Å². The van der Waals surface area contributed by atoms with E-state index in [1.54, 1.807) is 6.92 Å². The van der Waals surface area contributed by atoms with Gasteiger partial charge in [0.05, 0.1) is 5.75 Å². The molecule has 2 N–H and O–H groups in total. The van der Waals surface area contributed by atoms with E-state index in [0.717, 1.165) is 6.08 Å². The Labute approximate surface area is 128 Å². The van der Waals surface area contributed by atoms with E-state index in [9.17, 15) is 13.2 Å². The second-order valence-electron chi connectivity index (χ2n) is 2.80. The molecule has 0 bridgehead atoms. The van der Waals surface area contributed by atoms with E-state index in [-0.39, 0.29) is 76.9 Å². The van der Waals surface area contributed by atoms with Crippen molar-refractivity contribution in [3.63, 3.8) is 0 Å². The van der Waals surface area contributed by atoms with Gasteiger partial charge < -0.3 is 6.74 Å². The standard InChI is InChI=1S/C7H13NO4S.K.H/c1-3-7(9)8-4-6(2)5-13(10,11)12;;/h3,6H,1,4-5H2,2H3,(H,8,9)(H,10,11,12);;/q;+1;-1. The van der Waals surface area contributed by atoms with Gasteiger partial charge in [0.1, 0.15) is 0 Å². The summed E-state index contributed by atoms with van der Waals surface area (Å²) in [6.45, 7) is 5.04. The Kier molecular flexibility index (Phi) is 9.77. The Bertz CT molecular complexity index is 293. The summed E-state index contributed by atoms with van der Waals surface area (Å²) in [7, 11) is -3.96. The first-order chi connectivity index (χ1) is 5.85. The molecule has 0 saturated carbocycles. The van der Waals surface area contributed by atoms with Crippen LogP contribution in [0.2, 0.25) is 0 Å². The molecule has 0 aromatic rings.